The number of ether oxygens (including phenoxy) is 1. The summed E-state index contributed by atoms with van der Waals surface area (Å²) < 4.78 is 21.6. The van der Waals surface area contributed by atoms with E-state index < -0.39 is 17.8 Å². The molecule has 0 saturated heterocycles. The van der Waals surface area contributed by atoms with Gasteiger partial charge in [0.1, 0.15) is 5.82 Å². The molecule has 3 heterocycles. The van der Waals surface area contributed by atoms with Crippen LogP contribution in [0.3, 0.4) is 0 Å². The van der Waals surface area contributed by atoms with Crippen molar-refractivity contribution in [3.05, 3.63) is 52.4 Å². The van der Waals surface area contributed by atoms with Crippen molar-refractivity contribution in [1.82, 2.24) is 14.5 Å². The number of carbonyl (C=O) groups excluding carboxylic acids is 2. The number of imidazole rings is 1. The first-order valence-electron chi connectivity index (χ1n) is 8.81. The molecule has 0 spiro atoms. The SMILES string of the molecule is CCOC(=O)C(c1ncn2c1CCC2)N1Cc2c(F)cc(C)cc2C1=O. The van der Waals surface area contributed by atoms with Gasteiger partial charge in [0, 0.05) is 23.4 Å². The van der Waals surface area contributed by atoms with Crippen LogP contribution in [0, 0.1) is 12.7 Å². The molecule has 1 amide bonds. The maximum absolute atomic E-state index is 14.4. The number of rotatable bonds is 4. The van der Waals surface area contributed by atoms with Crippen molar-refractivity contribution >= 4 is 11.9 Å². The molecule has 2 aliphatic heterocycles. The lowest BCUT2D eigenvalue weighted by atomic mass is 10.1. The van der Waals surface area contributed by atoms with Crippen LogP contribution in [-0.4, -0.2) is 32.9 Å². The molecule has 1 aromatic heterocycles. The summed E-state index contributed by atoms with van der Waals surface area (Å²) in [6.07, 6.45) is 3.47. The molecule has 2 aromatic rings. The topological polar surface area (TPSA) is 64.4 Å². The average Bonchev–Trinajstić information content (AvgIpc) is 3.26. The van der Waals surface area contributed by atoms with Crippen molar-refractivity contribution in [2.75, 3.05) is 6.61 Å². The van der Waals surface area contributed by atoms with Crippen LogP contribution in [0.5, 0.6) is 0 Å². The summed E-state index contributed by atoms with van der Waals surface area (Å²) in [6.45, 7) is 4.55. The first kappa shape index (κ1) is 16.8. The largest absolute Gasteiger partial charge is 0.464 e. The van der Waals surface area contributed by atoms with Crippen molar-refractivity contribution in [1.29, 1.82) is 0 Å². The van der Waals surface area contributed by atoms with Crippen LogP contribution in [0.15, 0.2) is 18.5 Å². The highest BCUT2D eigenvalue weighted by atomic mass is 19.1. The molecule has 0 radical (unpaired) electrons. The fourth-order valence-electron chi connectivity index (χ4n) is 3.87. The van der Waals surface area contributed by atoms with Crippen LogP contribution in [-0.2, 0) is 29.0 Å². The van der Waals surface area contributed by atoms with Crippen LogP contribution in [0.1, 0.15) is 52.3 Å². The number of benzene rings is 1. The summed E-state index contributed by atoms with van der Waals surface area (Å²) in [7, 11) is 0. The molecule has 26 heavy (non-hydrogen) atoms. The standard InChI is InChI=1S/C19H20FN3O3/c1-3-26-19(25)17(16-15-5-4-6-22(15)10-21-16)23-9-13-12(18(23)24)7-11(2)8-14(13)20/h7-8,10,17H,3-6,9H2,1-2H3. The third-order valence-corrected chi connectivity index (χ3v) is 5.03. The number of aryl methyl sites for hydroxylation is 2. The zero-order valence-electron chi connectivity index (χ0n) is 14.8. The Morgan fingerprint density at radius 3 is 3.00 bits per heavy atom. The number of carbonyl (C=O) groups is 2. The van der Waals surface area contributed by atoms with Crippen molar-refractivity contribution < 1.29 is 18.7 Å². The van der Waals surface area contributed by atoms with Gasteiger partial charge < -0.3 is 14.2 Å². The third kappa shape index (κ3) is 2.50. The minimum atomic E-state index is -0.955. The van der Waals surface area contributed by atoms with Gasteiger partial charge in [0.2, 0.25) is 0 Å². The number of aromatic nitrogens is 2. The zero-order chi connectivity index (χ0) is 18.4. The maximum atomic E-state index is 14.4. The highest BCUT2D eigenvalue weighted by molar-refractivity contribution is 6.01. The number of hydrogen-bond donors (Lipinski definition) is 0. The number of hydrogen-bond acceptors (Lipinski definition) is 4. The normalized spacial score (nSPS) is 16.6. The van der Waals surface area contributed by atoms with Crippen LogP contribution < -0.4 is 0 Å². The second-order valence-electron chi connectivity index (χ2n) is 6.73. The molecule has 7 heteroatoms. The molecule has 1 unspecified atom stereocenters. The summed E-state index contributed by atoms with van der Waals surface area (Å²) in [6, 6.07) is 2.12. The smallest absolute Gasteiger partial charge is 0.335 e. The molecule has 0 saturated carbocycles. The first-order valence-corrected chi connectivity index (χ1v) is 8.81. The number of fused-ring (bicyclic) bond motifs is 2. The van der Waals surface area contributed by atoms with E-state index in [9.17, 15) is 14.0 Å². The lowest BCUT2D eigenvalue weighted by molar-refractivity contribution is -0.149. The Hall–Kier alpha value is -2.70. The van der Waals surface area contributed by atoms with Gasteiger partial charge in [-0.1, -0.05) is 0 Å². The monoisotopic (exact) mass is 357 g/mol. The second kappa shape index (κ2) is 6.23. The molecule has 0 N–H and O–H groups in total. The third-order valence-electron chi connectivity index (χ3n) is 5.03. The van der Waals surface area contributed by atoms with Gasteiger partial charge in [0.05, 0.1) is 25.2 Å². The summed E-state index contributed by atoms with van der Waals surface area (Å²) in [5.41, 5.74) is 2.80. The van der Waals surface area contributed by atoms with Crippen molar-refractivity contribution in [2.24, 2.45) is 0 Å². The Balaban J connectivity index is 1.77. The van der Waals surface area contributed by atoms with E-state index in [-0.39, 0.29) is 19.1 Å². The van der Waals surface area contributed by atoms with E-state index in [0.717, 1.165) is 25.1 Å². The molecule has 1 aromatic carbocycles. The van der Waals surface area contributed by atoms with E-state index in [0.29, 0.717) is 22.4 Å². The number of halogens is 1. The van der Waals surface area contributed by atoms with Crippen LogP contribution >= 0.6 is 0 Å². The van der Waals surface area contributed by atoms with E-state index in [1.807, 2.05) is 4.57 Å². The Morgan fingerprint density at radius 1 is 1.42 bits per heavy atom. The predicted molar refractivity (Wildman–Crippen MR) is 90.9 cm³/mol. The molecule has 1 atom stereocenters. The van der Waals surface area contributed by atoms with E-state index in [1.54, 1.807) is 26.2 Å². The average molecular weight is 357 g/mol. The molecule has 0 aliphatic carbocycles. The molecule has 4 rings (SSSR count). The van der Waals surface area contributed by atoms with Gasteiger partial charge in [-0.25, -0.2) is 14.2 Å². The van der Waals surface area contributed by atoms with Crippen molar-refractivity contribution in [2.45, 2.75) is 45.8 Å². The van der Waals surface area contributed by atoms with Gasteiger partial charge in [-0.05, 0) is 44.4 Å². The predicted octanol–water partition coefficient (Wildman–Crippen LogP) is 2.54. The minimum Gasteiger partial charge on any atom is -0.464 e. The van der Waals surface area contributed by atoms with Gasteiger partial charge >= 0.3 is 5.97 Å². The quantitative estimate of drug-likeness (QED) is 0.789. The number of nitrogens with zero attached hydrogens (tertiary/aromatic N) is 3. The van der Waals surface area contributed by atoms with Gasteiger partial charge in [-0.3, -0.25) is 4.79 Å². The Kier molecular flexibility index (Phi) is 4.01. The molecular weight excluding hydrogens is 337 g/mol. The van der Waals surface area contributed by atoms with Crippen LogP contribution in [0.25, 0.3) is 0 Å². The summed E-state index contributed by atoms with van der Waals surface area (Å²) in [5, 5.41) is 0. The van der Waals surface area contributed by atoms with E-state index >= 15 is 0 Å². The highest BCUT2D eigenvalue weighted by Crippen LogP contribution is 2.36. The van der Waals surface area contributed by atoms with Crippen molar-refractivity contribution in [3.8, 4) is 0 Å². The van der Waals surface area contributed by atoms with Crippen LogP contribution in [0.2, 0.25) is 0 Å². The molecular formula is C19H20FN3O3. The van der Waals surface area contributed by atoms with Gasteiger partial charge in [-0.2, -0.15) is 0 Å². The van der Waals surface area contributed by atoms with E-state index in [1.165, 1.54) is 11.0 Å². The summed E-state index contributed by atoms with van der Waals surface area (Å²) in [4.78, 5) is 31.5. The molecule has 2 aliphatic rings. The van der Waals surface area contributed by atoms with Crippen molar-refractivity contribution in [3.63, 3.8) is 0 Å². The number of amides is 1. The Labute approximate surface area is 150 Å². The lowest BCUT2D eigenvalue weighted by Gasteiger charge is -2.25. The van der Waals surface area contributed by atoms with Gasteiger partial charge in [0.15, 0.2) is 6.04 Å². The summed E-state index contributed by atoms with van der Waals surface area (Å²) in [5.74, 6) is -1.31. The van der Waals surface area contributed by atoms with Gasteiger partial charge in [0.25, 0.3) is 5.91 Å². The Morgan fingerprint density at radius 2 is 2.23 bits per heavy atom. The lowest BCUT2D eigenvalue weighted by Crippen LogP contribution is -2.36. The Bertz CT molecular complexity index is 906. The summed E-state index contributed by atoms with van der Waals surface area (Å²) >= 11 is 0. The second-order valence-corrected chi connectivity index (χ2v) is 6.73. The molecule has 6 nitrogen and oxygen atoms in total. The molecule has 0 fully saturated rings. The number of esters is 1. The van der Waals surface area contributed by atoms with Gasteiger partial charge in [-0.15, -0.1) is 0 Å². The zero-order valence-corrected chi connectivity index (χ0v) is 14.8. The fourth-order valence-corrected chi connectivity index (χ4v) is 3.87. The minimum absolute atomic E-state index is 0.0378. The molecule has 0 bridgehead atoms. The maximum Gasteiger partial charge on any atom is 0.335 e. The highest BCUT2D eigenvalue weighted by Gasteiger charge is 2.42. The van der Waals surface area contributed by atoms with Crippen LogP contribution in [0.4, 0.5) is 4.39 Å². The first-order chi connectivity index (χ1) is 12.5. The van der Waals surface area contributed by atoms with E-state index in [2.05, 4.69) is 4.98 Å². The molecule has 136 valence electrons. The van der Waals surface area contributed by atoms with E-state index in [4.69, 9.17) is 4.74 Å². The fraction of sp³-hybridized carbons (Fsp3) is 0.421.